The van der Waals surface area contributed by atoms with Crippen molar-refractivity contribution < 1.29 is 29.0 Å². The second-order valence-electron chi connectivity index (χ2n) is 10.2. The van der Waals surface area contributed by atoms with Crippen molar-refractivity contribution in [3.63, 3.8) is 0 Å². The maximum Gasteiger partial charge on any atom is 0.331 e. The highest BCUT2D eigenvalue weighted by Crippen LogP contribution is 2.58. The number of esters is 1. The molecule has 8 atom stereocenters. The summed E-state index contributed by atoms with van der Waals surface area (Å²) < 4.78 is 12.7. The maximum absolute atomic E-state index is 13.4. The Labute approximate surface area is 177 Å². The van der Waals surface area contributed by atoms with E-state index in [9.17, 15) is 19.5 Å². The second kappa shape index (κ2) is 7.04. The first kappa shape index (κ1) is 21.3. The minimum Gasteiger partial charge on any atom is -0.478 e. The fourth-order valence-corrected chi connectivity index (χ4v) is 6.41. The fraction of sp³-hybridized carbons (Fsp3) is 0.708. The average molecular weight is 417 g/mol. The van der Waals surface area contributed by atoms with E-state index in [1.165, 1.54) is 0 Å². The molecule has 0 aromatic heterocycles. The smallest absolute Gasteiger partial charge is 0.331 e. The van der Waals surface area contributed by atoms with Gasteiger partial charge in [-0.2, -0.15) is 0 Å². The quantitative estimate of drug-likeness (QED) is 0.398. The van der Waals surface area contributed by atoms with Gasteiger partial charge in [-0.15, -0.1) is 0 Å². The van der Waals surface area contributed by atoms with Gasteiger partial charge in [-0.05, 0) is 43.9 Å². The van der Waals surface area contributed by atoms with Crippen molar-refractivity contribution in [1.82, 2.24) is 0 Å². The Hall–Kier alpha value is -1.95. The van der Waals surface area contributed by atoms with E-state index in [0.717, 1.165) is 19.3 Å². The van der Waals surface area contributed by atoms with Gasteiger partial charge >= 0.3 is 11.9 Å². The lowest BCUT2D eigenvalue weighted by Crippen LogP contribution is -2.61. The molecule has 1 N–H and O–H groups in total. The minimum atomic E-state index is -1.43. The molecule has 0 amide bonds. The number of ether oxygens (including phenoxy) is 2. The predicted molar refractivity (Wildman–Crippen MR) is 110 cm³/mol. The van der Waals surface area contributed by atoms with Crippen molar-refractivity contribution in [3.05, 3.63) is 23.8 Å². The highest BCUT2D eigenvalue weighted by molar-refractivity contribution is 6.14. The van der Waals surface area contributed by atoms with Crippen molar-refractivity contribution in [2.24, 2.45) is 29.1 Å². The van der Waals surface area contributed by atoms with Gasteiger partial charge in [0.05, 0.1) is 6.10 Å². The van der Waals surface area contributed by atoms with Gasteiger partial charge in [0.1, 0.15) is 11.7 Å². The predicted octanol–water partition coefficient (Wildman–Crippen LogP) is 3.69. The number of hydrogen-bond acceptors (Lipinski definition) is 5. The monoisotopic (exact) mass is 416 g/mol. The Kier molecular flexibility index (Phi) is 5.00. The molecule has 6 nitrogen and oxygen atoms in total. The molecule has 0 saturated carbocycles. The normalized spacial score (nSPS) is 46.4. The summed E-state index contributed by atoms with van der Waals surface area (Å²) in [7, 11) is 0. The zero-order valence-electron chi connectivity index (χ0n) is 18.3. The van der Waals surface area contributed by atoms with Crippen LogP contribution < -0.4 is 0 Å². The van der Waals surface area contributed by atoms with E-state index in [2.05, 4.69) is 20.4 Å². The van der Waals surface area contributed by atoms with Crippen molar-refractivity contribution in [2.75, 3.05) is 0 Å². The number of hydrogen-bond donors (Lipinski definition) is 1. The van der Waals surface area contributed by atoms with Crippen LogP contribution in [0, 0.1) is 29.1 Å². The van der Waals surface area contributed by atoms with Gasteiger partial charge in [0.25, 0.3) is 0 Å². The van der Waals surface area contributed by atoms with Gasteiger partial charge in [0, 0.05) is 17.1 Å². The van der Waals surface area contributed by atoms with Gasteiger partial charge in [0.15, 0.2) is 11.2 Å². The molecule has 2 bridgehead atoms. The van der Waals surface area contributed by atoms with Crippen LogP contribution >= 0.6 is 0 Å². The molecule has 1 spiro atoms. The number of rotatable bonds is 1. The summed E-state index contributed by atoms with van der Waals surface area (Å²) in [5.74, 6) is -1.86. The molecule has 0 radical (unpaired) electrons. The first-order valence-corrected chi connectivity index (χ1v) is 11.1. The molecule has 0 aromatic carbocycles. The van der Waals surface area contributed by atoms with Crippen LogP contribution in [0.5, 0.6) is 0 Å². The molecule has 3 heterocycles. The van der Waals surface area contributed by atoms with E-state index in [-0.39, 0.29) is 23.5 Å². The third-order valence-electron chi connectivity index (χ3n) is 7.98. The van der Waals surface area contributed by atoms with E-state index < -0.39 is 35.2 Å². The van der Waals surface area contributed by atoms with Gasteiger partial charge in [0.2, 0.25) is 0 Å². The molecule has 164 valence electrons. The van der Waals surface area contributed by atoms with Gasteiger partial charge < -0.3 is 14.6 Å². The molecular weight excluding hydrogens is 384 g/mol. The Morgan fingerprint density at radius 2 is 1.93 bits per heavy atom. The number of fused-ring (bicyclic) bond motifs is 1. The molecule has 3 saturated heterocycles. The van der Waals surface area contributed by atoms with E-state index in [4.69, 9.17) is 9.47 Å². The third kappa shape index (κ3) is 2.83. The standard InChI is InChI=1S/C24H32O6/c1-12-7-6-8-16-10-17(20(26)27)14(3)11-24(16)21-23(5,22(28)30-24)19(25)15(4)18(29-21)13(2)9-12/h10,12-14,16,18,21H,4,6-9,11H2,1-3,5H3,(H,26,27)/t12-,13-,14+,16+,18-,21-,23+,24+/m1/s1. The molecule has 0 aromatic rings. The van der Waals surface area contributed by atoms with Crippen LogP contribution in [0.3, 0.4) is 0 Å². The Balaban J connectivity index is 1.88. The number of ketones is 1. The second-order valence-corrected chi connectivity index (χ2v) is 10.2. The van der Waals surface area contributed by atoms with Crippen molar-refractivity contribution >= 4 is 17.7 Å². The average Bonchev–Trinajstić information content (AvgIpc) is 2.86. The Morgan fingerprint density at radius 3 is 2.60 bits per heavy atom. The molecule has 1 aliphatic carbocycles. The summed E-state index contributed by atoms with van der Waals surface area (Å²) in [4.78, 5) is 38.4. The van der Waals surface area contributed by atoms with E-state index in [1.54, 1.807) is 13.0 Å². The lowest BCUT2D eigenvalue weighted by molar-refractivity contribution is -0.176. The highest BCUT2D eigenvalue weighted by atomic mass is 16.6. The maximum atomic E-state index is 13.4. The lowest BCUT2D eigenvalue weighted by Gasteiger charge is -2.48. The van der Waals surface area contributed by atoms with Gasteiger partial charge in [-0.1, -0.05) is 46.3 Å². The number of aliphatic carboxylic acids is 1. The topological polar surface area (TPSA) is 89.9 Å². The molecule has 3 fully saturated rings. The zero-order valence-corrected chi connectivity index (χ0v) is 18.3. The van der Waals surface area contributed by atoms with Crippen LogP contribution in [-0.4, -0.2) is 40.6 Å². The third-order valence-corrected chi connectivity index (χ3v) is 7.98. The molecule has 4 rings (SSSR count). The van der Waals surface area contributed by atoms with E-state index in [0.29, 0.717) is 29.9 Å². The van der Waals surface area contributed by atoms with Crippen molar-refractivity contribution in [1.29, 1.82) is 0 Å². The summed E-state index contributed by atoms with van der Waals surface area (Å²) in [5, 5.41) is 9.70. The molecule has 3 aliphatic heterocycles. The van der Waals surface area contributed by atoms with E-state index in [1.807, 2.05) is 6.92 Å². The number of carbonyl (C=O) groups excluding carboxylic acids is 2. The van der Waals surface area contributed by atoms with Crippen molar-refractivity contribution in [3.8, 4) is 0 Å². The first-order valence-electron chi connectivity index (χ1n) is 11.1. The largest absolute Gasteiger partial charge is 0.478 e. The molecule has 30 heavy (non-hydrogen) atoms. The number of carboxylic acid groups (broad SMARTS) is 1. The Bertz CT molecular complexity index is 843. The number of Topliss-reactive ketones (excluding diaryl/α,β-unsaturated/α-hetero) is 1. The SMILES string of the molecule is C=C1C(=O)[C@]2(C)C(=O)O[C@@]34C[C@H](C)C(C(=O)O)=C[C@@H]3CCC[C@@H](C)C[C@@H](C)[C@H]1O[C@H]24. The highest BCUT2D eigenvalue weighted by Gasteiger charge is 2.72. The van der Waals surface area contributed by atoms with Gasteiger partial charge in [-0.3, -0.25) is 9.59 Å². The molecule has 6 heteroatoms. The van der Waals surface area contributed by atoms with Crippen LogP contribution in [0.15, 0.2) is 23.8 Å². The lowest BCUT2D eigenvalue weighted by atomic mass is 9.61. The molecular formula is C24H32O6. The summed E-state index contributed by atoms with van der Waals surface area (Å²) >= 11 is 0. The fourth-order valence-electron chi connectivity index (χ4n) is 6.41. The zero-order chi connectivity index (χ0) is 22.0. The van der Waals surface area contributed by atoms with Crippen LogP contribution in [-0.2, 0) is 23.9 Å². The van der Waals surface area contributed by atoms with E-state index >= 15 is 0 Å². The number of carbonyl (C=O) groups is 3. The molecule has 0 unspecified atom stereocenters. The summed E-state index contributed by atoms with van der Waals surface area (Å²) in [5.41, 5.74) is -1.75. The summed E-state index contributed by atoms with van der Waals surface area (Å²) in [6.45, 7) is 11.7. The Morgan fingerprint density at radius 1 is 1.23 bits per heavy atom. The van der Waals surface area contributed by atoms with Crippen LogP contribution in [0.1, 0.15) is 59.8 Å². The first-order chi connectivity index (χ1) is 14.0. The minimum absolute atomic E-state index is 0.0939. The summed E-state index contributed by atoms with van der Waals surface area (Å²) in [6.07, 6.45) is 4.42. The summed E-state index contributed by atoms with van der Waals surface area (Å²) in [6, 6.07) is 0. The van der Waals surface area contributed by atoms with Gasteiger partial charge in [-0.25, -0.2) is 4.79 Å². The van der Waals surface area contributed by atoms with Crippen molar-refractivity contribution in [2.45, 2.75) is 77.6 Å². The van der Waals surface area contributed by atoms with Crippen LogP contribution in [0.4, 0.5) is 0 Å². The van der Waals surface area contributed by atoms with Crippen LogP contribution in [0.2, 0.25) is 0 Å². The molecule has 4 aliphatic rings. The number of carboxylic acids is 1. The van der Waals surface area contributed by atoms with Crippen LogP contribution in [0.25, 0.3) is 0 Å².